The maximum absolute atomic E-state index is 12.7. The Morgan fingerprint density at radius 1 is 1.11 bits per heavy atom. The monoisotopic (exact) mass is 387 g/mol. The van der Waals surface area contributed by atoms with Crippen LogP contribution in [0.5, 0.6) is 0 Å². The van der Waals surface area contributed by atoms with Gasteiger partial charge in [0.1, 0.15) is 11.4 Å². The molecule has 2 aliphatic rings. The number of carbonyl (C=O) groups excluding carboxylic acids is 1. The van der Waals surface area contributed by atoms with Gasteiger partial charge in [-0.3, -0.25) is 0 Å². The summed E-state index contributed by atoms with van der Waals surface area (Å²) in [5, 5.41) is 0. The van der Waals surface area contributed by atoms with Crippen LogP contribution in [-0.4, -0.2) is 47.8 Å². The van der Waals surface area contributed by atoms with Gasteiger partial charge in [-0.05, 0) is 57.6 Å². The number of amides is 1. The first-order chi connectivity index (χ1) is 13.2. The van der Waals surface area contributed by atoms with Crippen molar-refractivity contribution in [3.8, 4) is 0 Å². The highest BCUT2D eigenvalue weighted by Gasteiger charge is 2.31. The number of pyridine rings is 1. The fraction of sp³-hybridized carbons (Fsp3) is 0.739. The van der Waals surface area contributed by atoms with Crippen LogP contribution in [0.2, 0.25) is 0 Å². The quantitative estimate of drug-likeness (QED) is 0.717. The average Bonchev–Trinajstić information content (AvgIpc) is 2.99. The third kappa shape index (κ3) is 5.18. The van der Waals surface area contributed by atoms with Crippen molar-refractivity contribution in [2.45, 2.75) is 78.2 Å². The van der Waals surface area contributed by atoms with Crippen LogP contribution in [0.15, 0.2) is 12.1 Å². The van der Waals surface area contributed by atoms with E-state index in [1.807, 2.05) is 25.7 Å². The fourth-order valence-corrected chi connectivity index (χ4v) is 4.19. The summed E-state index contributed by atoms with van der Waals surface area (Å²) in [6.45, 7) is 13.8. The predicted octanol–water partition coefficient (Wildman–Crippen LogP) is 4.99. The van der Waals surface area contributed by atoms with Gasteiger partial charge in [-0.2, -0.15) is 0 Å². The smallest absolute Gasteiger partial charge is 0.410 e. The lowest BCUT2D eigenvalue weighted by Crippen LogP contribution is -2.39. The second kappa shape index (κ2) is 8.71. The van der Waals surface area contributed by atoms with Crippen LogP contribution in [0.1, 0.15) is 77.5 Å². The molecular formula is C23H37N3O2. The van der Waals surface area contributed by atoms with Gasteiger partial charge in [-0.1, -0.05) is 32.8 Å². The molecule has 1 atom stereocenters. The van der Waals surface area contributed by atoms with E-state index in [-0.39, 0.29) is 12.0 Å². The summed E-state index contributed by atoms with van der Waals surface area (Å²) in [7, 11) is 0. The zero-order chi connectivity index (χ0) is 20.3. The minimum absolute atomic E-state index is 0.210. The molecule has 0 N–H and O–H groups in total. The standard InChI is InChI=1S/C23H37N3O2/c1-17(2)19-16-26(22(27)28-23(3,4)5)15-12-18-10-11-20(24-21(18)19)25-13-8-6-7-9-14-25/h10-11,17,19H,6-9,12-16H2,1-5H3. The van der Waals surface area contributed by atoms with E-state index in [0.717, 1.165) is 25.3 Å². The number of aromatic nitrogens is 1. The molecule has 5 heteroatoms. The number of ether oxygens (including phenoxy) is 1. The summed E-state index contributed by atoms with van der Waals surface area (Å²) in [5.74, 6) is 1.75. The summed E-state index contributed by atoms with van der Waals surface area (Å²) in [5.41, 5.74) is 1.99. The molecule has 28 heavy (non-hydrogen) atoms. The van der Waals surface area contributed by atoms with E-state index >= 15 is 0 Å². The number of fused-ring (bicyclic) bond motifs is 1. The molecule has 0 spiro atoms. The highest BCUT2D eigenvalue weighted by atomic mass is 16.6. The number of nitrogens with zero attached hydrogens (tertiary/aromatic N) is 3. The molecule has 1 amide bonds. The van der Waals surface area contributed by atoms with Crippen molar-refractivity contribution in [3.05, 3.63) is 23.4 Å². The number of hydrogen-bond acceptors (Lipinski definition) is 4. The Morgan fingerprint density at radius 2 is 1.79 bits per heavy atom. The van der Waals surface area contributed by atoms with E-state index < -0.39 is 5.60 Å². The molecule has 2 aliphatic heterocycles. The molecule has 5 nitrogen and oxygen atoms in total. The SMILES string of the molecule is CC(C)C1CN(C(=O)OC(C)(C)C)CCc2ccc(N3CCCCCC3)nc21. The molecule has 1 aromatic rings. The number of rotatable bonds is 2. The fourth-order valence-electron chi connectivity index (χ4n) is 4.19. The van der Waals surface area contributed by atoms with Crippen LogP contribution in [-0.2, 0) is 11.2 Å². The van der Waals surface area contributed by atoms with Crippen LogP contribution in [0, 0.1) is 5.92 Å². The van der Waals surface area contributed by atoms with Crippen molar-refractivity contribution < 1.29 is 9.53 Å². The molecule has 1 saturated heterocycles. The van der Waals surface area contributed by atoms with Gasteiger partial charge in [0.2, 0.25) is 0 Å². The van der Waals surface area contributed by atoms with Gasteiger partial charge in [-0.25, -0.2) is 9.78 Å². The normalized spacial score (nSPS) is 21.1. The van der Waals surface area contributed by atoms with E-state index in [0.29, 0.717) is 19.0 Å². The molecule has 0 aromatic carbocycles. The third-order valence-corrected chi connectivity index (χ3v) is 5.80. The second-order valence-electron chi connectivity index (χ2n) is 9.64. The number of anilines is 1. The van der Waals surface area contributed by atoms with E-state index in [1.54, 1.807) is 0 Å². The second-order valence-corrected chi connectivity index (χ2v) is 9.64. The number of carbonyl (C=O) groups is 1. The Balaban J connectivity index is 1.85. The van der Waals surface area contributed by atoms with Crippen LogP contribution in [0.25, 0.3) is 0 Å². The first-order valence-corrected chi connectivity index (χ1v) is 11.0. The molecule has 0 saturated carbocycles. The average molecular weight is 388 g/mol. The van der Waals surface area contributed by atoms with Crippen molar-refractivity contribution in [3.63, 3.8) is 0 Å². The van der Waals surface area contributed by atoms with E-state index in [9.17, 15) is 4.79 Å². The number of hydrogen-bond donors (Lipinski definition) is 0. The summed E-state index contributed by atoms with van der Waals surface area (Å²) in [6, 6.07) is 4.43. The molecule has 1 aromatic heterocycles. The van der Waals surface area contributed by atoms with Crippen LogP contribution in [0.4, 0.5) is 10.6 Å². The summed E-state index contributed by atoms with van der Waals surface area (Å²) in [6.07, 6.45) is 5.77. The summed E-state index contributed by atoms with van der Waals surface area (Å²) >= 11 is 0. The van der Waals surface area contributed by atoms with Gasteiger partial charge >= 0.3 is 6.09 Å². The van der Waals surface area contributed by atoms with Gasteiger partial charge < -0.3 is 14.5 Å². The van der Waals surface area contributed by atoms with Crippen molar-refractivity contribution in [2.24, 2.45) is 5.92 Å². The third-order valence-electron chi connectivity index (χ3n) is 5.80. The lowest BCUT2D eigenvalue weighted by atomic mass is 9.89. The van der Waals surface area contributed by atoms with Crippen molar-refractivity contribution >= 4 is 11.9 Å². The highest BCUT2D eigenvalue weighted by molar-refractivity contribution is 5.68. The van der Waals surface area contributed by atoms with E-state index in [4.69, 9.17) is 9.72 Å². The van der Waals surface area contributed by atoms with Gasteiger partial charge in [0.05, 0.1) is 5.69 Å². The van der Waals surface area contributed by atoms with Gasteiger partial charge in [0, 0.05) is 32.1 Å². The molecule has 0 bridgehead atoms. The topological polar surface area (TPSA) is 45.7 Å². The van der Waals surface area contributed by atoms with Gasteiger partial charge in [0.25, 0.3) is 0 Å². The molecule has 3 heterocycles. The first kappa shape index (κ1) is 20.9. The van der Waals surface area contributed by atoms with Crippen LogP contribution in [0.3, 0.4) is 0 Å². The lowest BCUT2D eigenvalue weighted by molar-refractivity contribution is 0.0238. The molecule has 1 fully saturated rings. The van der Waals surface area contributed by atoms with Crippen LogP contribution >= 0.6 is 0 Å². The maximum atomic E-state index is 12.7. The molecule has 0 radical (unpaired) electrons. The largest absolute Gasteiger partial charge is 0.444 e. The zero-order valence-electron chi connectivity index (χ0n) is 18.3. The van der Waals surface area contributed by atoms with E-state index in [2.05, 4.69) is 30.9 Å². The van der Waals surface area contributed by atoms with E-state index in [1.165, 1.54) is 36.9 Å². The molecule has 0 aliphatic carbocycles. The minimum Gasteiger partial charge on any atom is -0.444 e. The molecule has 3 rings (SSSR count). The van der Waals surface area contributed by atoms with Crippen molar-refractivity contribution in [2.75, 3.05) is 31.1 Å². The maximum Gasteiger partial charge on any atom is 0.410 e. The molecule has 1 unspecified atom stereocenters. The highest BCUT2D eigenvalue weighted by Crippen LogP contribution is 2.32. The summed E-state index contributed by atoms with van der Waals surface area (Å²) in [4.78, 5) is 22.2. The lowest BCUT2D eigenvalue weighted by Gasteiger charge is -2.30. The Hall–Kier alpha value is -1.78. The Labute approximate surface area is 170 Å². The van der Waals surface area contributed by atoms with Crippen LogP contribution < -0.4 is 4.90 Å². The van der Waals surface area contributed by atoms with Gasteiger partial charge in [0.15, 0.2) is 0 Å². The molecular weight excluding hydrogens is 350 g/mol. The first-order valence-electron chi connectivity index (χ1n) is 11.0. The summed E-state index contributed by atoms with van der Waals surface area (Å²) < 4.78 is 5.65. The van der Waals surface area contributed by atoms with Crippen molar-refractivity contribution in [1.82, 2.24) is 9.88 Å². The minimum atomic E-state index is -0.470. The van der Waals surface area contributed by atoms with Gasteiger partial charge in [-0.15, -0.1) is 0 Å². The molecule has 156 valence electrons. The Kier molecular flexibility index (Phi) is 6.51. The Morgan fingerprint density at radius 3 is 2.39 bits per heavy atom. The predicted molar refractivity (Wildman–Crippen MR) is 114 cm³/mol. The Bertz CT molecular complexity index is 673. The zero-order valence-corrected chi connectivity index (χ0v) is 18.3. The van der Waals surface area contributed by atoms with Crippen molar-refractivity contribution in [1.29, 1.82) is 0 Å².